The standard InChI is InChI=1S/C16H28ClN3O/c1-12-15(17)13(19(4)18-12)11-14(21)16(2,3)20-9-7-5-6-8-10-20/h14,21H,5-11H2,1-4H3. The fourth-order valence-corrected chi connectivity index (χ4v) is 3.43. The molecule has 1 aliphatic rings. The second-order valence-electron chi connectivity index (χ2n) is 6.74. The van der Waals surface area contributed by atoms with Crippen molar-refractivity contribution in [1.29, 1.82) is 0 Å². The average molecular weight is 314 g/mol. The number of likely N-dealkylation sites (tertiary alicyclic amines) is 1. The van der Waals surface area contributed by atoms with Gasteiger partial charge in [-0.15, -0.1) is 0 Å². The number of nitrogens with zero attached hydrogens (tertiary/aromatic N) is 3. The molecule has 4 nitrogen and oxygen atoms in total. The van der Waals surface area contributed by atoms with Crippen LogP contribution in [0.25, 0.3) is 0 Å². The van der Waals surface area contributed by atoms with Crippen molar-refractivity contribution in [3.63, 3.8) is 0 Å². The highest BCUT2D eigenvalue weighted by Crippen LogP contribution is 2.28. The molecular formula is C16H28ClN3O. The molecule has 2 heterocycles. The van der Waals surface area contributed by atoms with Crippen LogP contribution in [0.15, 0.2) is 0 Å². The number of hydrogen-bond donors (Lipinski definition) is 1. The molecule has 0 aliphatic carbocycles. The van der Waals surface area contributed by atoms with Crippen LogP contribution in [0.5, 0.6) is 0 Å². The number of hydrogen-bond acceptors (Lipinski definition) is 3. The quantitative estimate of drug-likeness (QED) is 0.929. The Balaban J connectivity index is 2.11. The molecule has 120 valence electrons. The fraction of sp³-hybridized carbons (Fsp3) is 0.812. The first-order chi connectivity index (χ1) is 9.84. The number of halogens is 1. The summed E-state index contributed by atoms with van der Waals surface area (Å²) in [6, 6.07) is 0. The summed E-state index contributed by atoms with van der Waals surface area (Å²) in [6.07, 6.45) is 5.14. The van der Waals surface area contributed by atoms with E-state index in [4.69, 9.17) is 11.6 Å². The second kappa shape index (κ2) is 6.67. The lowest BCUT2D eigenvalue weighted by molar-refractivity contribution is -0.00873. The Morgan fingerprint density at radius 3 is 2.29 bits per heavy atom. The summed E-state index contributed by atoms with van der Waals surface area (Å²) < 4.78 is 1.79. The Morgan fingerprint density at radius 1 is 1.24 bits per heavy atom. The van der Waals surface area contributed by atoms with Crippen molar-refractivity contribution in [2.45, 2.75) is 64.5 Å². The molecule has 1 aromatic rings. The van der Waals surface area contributed by atoms with Gasteiger partial charge >= 0.3 is 0 Å². The summed E-state index contributed by atoms with van der Waals surface area (Å²) in [6.45, 7) is 8.32. The molecule has 1 fully saturated rings. The Labute approximate surface area is 133 Å². The van der Waals surface area contributed by atoms with Crippen molar-refractivity contribution in [2.75, 3.05) is 13.1 Å². The smallest absolute Gasteiger partial charge is 0.0847 e. The van der Waals surface area contributed by atoms with E-state index in [-0.39, 0.29) is 5.54 Å². The molecule has 1 aromatic heterocycles. The molecule has 0 spiro atoms. The normalized spacial score (nSPS) is 19.5. The van der Waals surface area contributed by atoms with Crippen LogP contribution in [0, 0.1) is 6.92 Å². The fourth-order valence-electron chi connectivity index (χ4n) is 3.19. The van der Waals surface area contributed by atoms with E-state index in [9.17, 15) is 5.11 Å². The maximum atomic E-state index is 10.8. The molecule has 0 radical (unpaired) electrons. The SMILES string of the molecule is Cc1nn(C)c(CC(O)C(C)(C)N2CCCCCC2)c1Cl. The lowest BCUT2D eigenvalue weighted by atomic mass is 9.91. The molecule has 21 heavy (non-hydrogen) atoms. The Bertz CT molecular complexity index is 476. The van der Waals surface area contributed by atoms with Gasteiger partial charge in [0.25, 0.3) is 0 Å². The van der Waals surface area contributed by atoms with Crippen LogP contribution in [0.4, 0.5) is 0 Å². The third kappa shape index (κ3) is 3.61. The van der Waals surface area contributed by atoms with Gasteiger partial charge in [0.2, 0.25) is 0 Å². The maximum absolute atomic E-state index is 10.8. The van der Waals surface area contributed by atoms with E-state index in [2.05, 4.69) is 23.8 Å². The van der Waals surface area contributed by atoms with Crippen LogP contribution in [-0.4, -0.2) is 44.5 Å². The van der Waals surface area contributed by atoms with E-state index < -0.39 is 6.10 Å². The summed E-state index contributed by atoms with van der Waals surface area (Å²) in [5, 5.41) is 15.8. The van der Waals surface area contributed by atoms with E-state index in [0.717, 1.165) is 24.5 Å². The largest absolute Gasteiger partial charge is 0.391 e. The first-order valence-electron chi connectivity index (χ1n) is 7.95. The molecule has 1 aliphatic heterocycles. The van der Waals surface area contributed by atoms with Crippen LogP contribution < -0.4 is 0 Å². The molecular weight excluding hydrogens is 286 g/mol. The second-order valence-corrected chi connectivity index (χ2v) is 7.12. The highest BCUT2D eigenvalue weighted by Gasteiger charge is 2.35. The zero-order chi connectivity index (χ0) is 15.6. The number of aromatic nitrogens is 2. The van der Waals surface area contributed by atoms with E-state index in [1.54, 1.807) is 4.68 Å². The predicted octanol–water partition coefficient (Wildman–Crippen LogP) is 2.94. The predicted molar refractivity (Wildman–Crippen MR) is 86.8 cm³/mol. The van der Waals surface area contributed by atoms with Crippen LogP contribution >= 0.6 is 11.6 Å². The lowest BCUT2D eigenvalue weighted by Gasteiger charge is -2.41. The summed E-state index contributed by atoms with van der Waals surface area (Å²) >= 11 is 6.31. The van der Waals surface area contributed by atoms with Crippen LogP contribution in [0.3, 0.4) is 0 Å². The molecule has 0 saturated carbocycles. The Kier molecular flexibility index (Phi) is 5.33. The molecule has 5 heteroatoms. The zero-order valence-electron chi connectivity index (χ0n) is 13.7. The van der Waals surface area contributed by atoms with Crippen molar-refractivity contribution in [1.82, 2.24) is 14.7 Å². The number of rotatable bonds is 4. The van der Waals surface area contributed by atoms with E-state index in [1.807, 2.05) is 14.0 Å². The van der Waals surface area contributed by atoms with Gasteiger partial charge in [0.05, 0.1) is 22.5 Å². The van der Waals surface area contributed by atoms with Gasteiger partial charge < -0.3 is 5.11 Å². The van der Waals surface area contributed by atoms with E-state index >= 15 is 0 Å². The molecule has 2 rings (SSSR count). The topological polar surface area (TPSA) is 41.3 Å². The average Bonchev–Trinajstić information content (AvgIpc) is 2.68. The minimum atomic E-state index is -0.456. The molecule has 0 amide bonds. The van der Waals surface area contributed by atoms with Crippen molar-refractivity contribution >= 4 is 11.6 Å². The summed E-state index contributed by atoms with van der Waals surface area (Å²) in [5.41, 5.74) is 1.50. The number of aliphatic hydroxyl groups is 1. The molecule has 1 N–H and O–H groups in total. The summed E-state index contributed by atoms with van der Waals surface area (Å²) in [7, 11) is 1.89. The molecule has 1 saturated heterocycles. The van der Waals surface area contributed by atoms with Gasteiger partial charge in [0.15, 0.2) is 0 Å². The number of aliphatic hydroxyl groups excluding tert-OH is 1. The summed E-state index contributed by atoms with van der Waals surface area (Å²) in [4.78, 5) is 2.43. The maximum Gasteiger partial charge on any atom is 0.0847 e. The lowest BCUT2D eigenvalue weighted by Crippen LogP contribution is -2.53. The van der Waals surface area contributed by atoms with E-state index in [1.165, 1.54) is 25.7 Å². The van der Waals surface area contributed by atoms with Gasteiger partial charge in [0.1, 0.15) is 0 Å². The summed E-state index contributed by atoms with van der Waals surface area (Å²) in [5.74, 6) is 0. The molecule has 1 unspecified atom stereocenters. The van der Waals surface area contributed by atoms with Gasteiger partial charge in [-0.1, -0.05) is 24.4 Å². The minimum Gasteiger partial charge on any atom is -0.391 e. The monoisotopic (exact) mass is 313 g/mol. The molecule has 0 bridgehead atoms. The number of aryl methyl sites for hydroxylation is 2. The zero-order valence-corrected chi connectivity index (χ0v) is 14.4. The van der Waals surface area contributed by atoms with Gasteiger partial charge in [-0.05, 0) is 46.7 Å². The minimum absolute atomic E-state index is 0.244. The Hall–Kier alpha value is -0.580. The Morgan fingerprint density at radius 2 is 1.81 bits per heavy atom. The van der Waals surface area contributed by atoms with Crippen molar-refractivity contribution in [2.24, 2.45) is 7.05 Å². The van der Waals surface area contributed by atoms with Gasteiger partial charge in [0, 0.05) is 19.0 Å². The highest BCUT2D eigenvalue weighted by atomic mass is 35.5. The van der Waals surface area contributed by atoms with Gasteiger partial charge in [-0.2, -0.15) is 5.10 Å². The first-order valence-corrected chi connectivity index (χ1v) is 8.33. The van der Waals surface area contributed by atoms with E-state index in [0.29, 0.717) is 11.4 Å². The first kappa shape index (κ1) is 16.8. The van der Waals surface area contributed by atoms with Gasteiger partial charge in [-0.3, -0.25) is 9.58 Å². The highest BCUT2D eigenvalue weighted by molar-refractivity contribution is 6.31. The van der Waals surface area contributed by atoms with Crippen LogP contribution in [0.1, 0.15) is 50.9 Å². The third-order valence-electron chi connectivity index (χ3n) is 4.88. The van der Waals surface area contributed by atoms with Crippen molar-refractivity contribution in [3.05, 3.63) is 16.4 Å². The van der Waals surface area contributed by atoms with Crippen LogP contribution in [0.2, 0.25) is 5.02 Å². The molecule has 1 atom stereocenters. The van der Waals surface area contributed by atoms with Gasteiger partial charge in [-0.25, -0.2) is 0 Å². The van der Waals surface area contributed by atoms with Crippen LogP contribution in [-0.2, 0) is 13.5 Å². The van der Waals surface area contributed by atoms with Crippen molar-refractivity contribution in [3.8, 4) is 0 Å². The third-order valence-corrected chi connectivity index (χ3v) is 5.38. The van der Waals surface area contributed by atoms with Crippen molar-refractivity contribution < 1.29 is 5.11 Å². The molecule has 0 aromatic carbocycles.